The fourth-order valence-corrected chi connectivity index (χ4v) is 1.61. The highest BCUT2D eigenvalue weighted by Gasteiger charge is 2.27. The van der Waals surface area contributed by atoms with Gasteiger partial charge in [0, 0.05) is 0 Å². The smallest absolute Gasteiger partial charge is 0.307 e. The van der Waals surface area contributed by atoms with Crippen LogP contribution < -0.4 is 0 Å². The van der Waals surface area contributed by atoms with Crippen molar-refractivity contribution in [1.82, 2.24) is 0 Å². The minimum atomic E-state index is -0.702. The van der Waals surface area contributed by atoms with E-state index in [0.29, 0.717) is 6.42 Å². The molecular weight excluding hydrogens is 152 g/mol. The van der Waals surface area contributed by atoms with E-state index in [2.05, 4.69) is 12.7 Å². The molecule has 0 spiro atoms. The van der Waals surface area contributed by atoms with Crippen molar-refractivity contribution in [3.63, 3.8) is 0 Å². The third-order valence-corrected chi connectivity index (χ3v) is 2.42. The Hall–Kier alpha value is -1.05. The van der Waals surface area contributed by atoms with Gasteiger partial charge >= 0.3 is 5.97 Å². The molecule has 12 heavy (non-hydrogen) atoms. The third kappa shape index (κ3) is 1.76. The SMILES string of the molecule is C=C[C@H]1CC=C(C)C[C@@H]1C(=O)O. The second-order valence-electron chi connectivity index (χ2n) is 3.33. The zero-order chi connectivity index (χ0) is 9.14. The molecule has 0 radical (unpaired) electrons. The van der Waals surface area contributed by atoms with Gasteiger partial charge in [-0.2, -0.15) is 0 Å². The number of carboxylic acid groups (broad SMARTS) is 1. The van der Waals surface area contributed by atoms with E-state index in [0.717, 1.165) is 6.42 Å². The van der Waals surface area contributed by atoms with Crippen LogP contribution in [0.25, 0.3) is 0 Å². The van der Waals surface area contributed by atoms with Crippen LogP contribution in [-0.2, 0) is 4.79 Å². The molecule has 2 nitrogen and oxygen atoms in total. The summed E-state index contributed by atoms with van der Waals surface area (Å²) in [5, 5.41) is 8.88. The summed E-state index contributed by atoms with van der Waals surface area (Å²) < 4.78 is 0. The summed E-state index contributed by atoms with van der Waals surface area (Å²) >= 11 is 0. The number of hydrogen-bond donors (Lipinski definition) is 1. The first-order valence-corrected chi connectivity index (χ1v) is 4.16. The number of rotatable bonds is 2. The average Bonchev–Trinajstić information content (AvgIpc) is 2.04. The molecule has 0 fully saturated rings. The van der Waals surface area contributed by atoms with Crippen molar-refractivity contribution in [3.05, 3.63) is 24.3 Å². The Morgan fingerprint density at radius 3 is 3.00 bits per heavy atom. The van der Waals surface area contributed by atoms with Gasteiger partial charge in [-0.15, -0.1) is 6.58 Å². The molecule has 0 aromatic rings. The molecule has 0 bridgehead atoms. The Morgan fingerprint density at radius 1 is 1.83 bits per heavy atom. The molecule has 0 saturated carbocycles. The highest BCUT2D eigenvalue weighted by molar-refractivity contribution is 5.71. The van der Waals surface area contributed by atoms with Crippen LogP contribution in [0, 0.1) is 11.8 Å². The van der Waals surface area contributed by atoms with Crippen LogP contribution in [0.4, 0.5) is 0 Å². The minimum Gasteiger partial charge on any atom is -0.481 e. The average molecular weight is 166 g/mol. The van der Waals surface area contributed by atoms with Crippen LogP contribution in [0.5, 0.6) is 0 Å². The lowest BCUT2D eigenvalue weighted by Gasteiger charge is -2.24. The van der Waals surface area contributed by atoms with Crippen LogP contribution in [-0.4, -0.2) is 11.1 Å². The second-order valence-corrected chi connectivity index (χ2v) is 3.33. The van der Waals surface area contributed by atoms with E-state index >= 15 is 0 Å². The number of hydrogen-bond acceptors (Lipinski definition) is 1. The zero-order valence-electron chi connectivity index (χ0n) is 7.29. The first kappa shape index (κ1) is 9.04. The Balaban J connectivity index is 2.76. The van der Waals surface area contributed by atoms with Crippen LogP contribution in [0.1, 0.15) is 19.8 Å². The van der Waals surface area contributed by atoms with Gasteiger partial charge in [-0.1, -0.05) is 17.7 Å². The monoisotopic (exact) mass is 166 g/mol. The maximum atomic E-state index is 10.8. The van der Waals surface area contributed by atoms with E-state index in [4.69, 9.17) is 5.11 Å². The Kier molecular flexibility index (Phi) is 2.69. The van der Waals surface area contributed by atoms with Crippen molar-refractivity contribution in [1.29, 1.82) is 0 Å². The summed E-state index contributed by atoms with van der Waals surface area (Å²) in [5.74, 6) is -0.842. The van der Waals surface area contributed by atoms with E-state index in [9.17, 15) is 4.79 Å². The van der Waals surface area contributed by atoms with Gasteiger partial charge in [0.05, 0.1) is 5.92 Å². The Bertz CT molecular complexity index is 228. The van der Waals surface area contributed by atoms with Gasteiger partial charge in [0.25, 0.3) is 0 Å². The lowest BCUT2D eigenvalue weighted by molar-refractivity contribution is -0.143. The fraction of sp³-hybridized carbons (Fsp3) is 0.500. The van der Waals surface area contributed by atoms with Crippen LogP contribution in [0.2, 0.25) is 0 Å². The fourth-order valence-electron chi connectivity index (χ4n) is 1.61. The molecule has 0 heterocycles. The number of carboxylic acids is 1. The summed E-state index contributed by atoms with van der Waals surface area (Å²) in [6.45, 7) is 5.63. The summed E-state index contributed by atoms with van der Waals surface area (Å²) in [4.78, 5) is 10.8. The number of carbonyl (C=O) groups is 1. The van der Waals surface area contributed by atoms with E-state index < -0.39 is 5.97 Å². The van der Waals surface area contributed by atoms with Crippen molar-refractivity contribution >= 4 is 5.97 Å². The topological polar surface area (TPSA) is 37.3 Å². The number of aliphatic carboxylic acids is 1. The van der Waals surface area contributed by atoms with E-state index in [1.165, 1.54) is 5.57 Å². The highest BCUT2D eigenvalue weighted by Crippen LogP contribution is 2.30. The van der Waals surface area contributed by atoms with Gasteiger partial charge in [0.15, 0.2) is 0 Å². The Morgan fingerprint density at radius 2 is 2.50 bits per heavy atom. The molecule has 0 amide bonds. The first-order valence-electron chi connectivity index (χ1n) is 4.16. The van der Waals surface area contributed by atoms with Crippen LogP contribution in [0.3, 0.4) is 0 Å². The van der Waals surface area contributed by atoms with E-state index in [1.807, 2.05) is 6.92 Å². The number of allylic oxidation sites excluding steroid dienone is 3. The van der Waals surface area contributed by atoms with Gasteiger partial charge in [-0.25, -0.2) is 0 Å². The normalized spacial score (nSPS) is 29.2. The van der Waals surface area contributed by atoms with Gasteiger partial charge in [-0.3, -0.25) is 4.79 Å². The molecule has 2 atom stereocenters. The molecule has 1 aliphatic carbocycles. The second kappa shape index (κ2) is 3.57. The van der Waals surface area contributed by atoms with E-state index in [-0.39, 0.29) is 11.8 Å². The molecule has 0 aromatic heterocycles. The molecule has 0 aromatic carbocycles. The maximum absolute atomic E-state index is 10.8. The summed E-state index contributed by atoms with van der Waals surface area (Å²) in [5.41, 5.74) is 1.18. The molecule has 66 valence electrons. The van der Waals surface area contributed by atoms with Crippen molar-refractivity contribution in [2.45, 2.75) is 19.8 Å². The van der Waals surface area contributed by atoms with Crippen LogP contribution >= 0.6 is 0 Å². The molecule has 1 aliphatic rings. The first-order chi connectivity index (χ1) is 5.65. The Labute approximate surface area is 72.6 Å². The third-order valence-electron chi connectivity index (χ3n) is 2.42. The summed E-state index contributed by atoms with van der Waals surface area (Å²) in [7, 11) is 0. The molecule has 0 saturated heterocycles. The van der Waals surface area contributed by atoms with Gasteiger partial charge in [0.1, 0.15) is 0 Å². The molecule has 2 heteroatoms. The lowest BCUT2D eigenvalue weighted by atomic mass is 9.80. The molecule has 1 rings (SSSR count). The maximum Gasteiger partial charge on any atom is 0.307 e. The predicted molar refractivity (Wildman–Crippen MR) is 47.8 cm³/mol. The van der Waals surface area contributed by atoms with E-state index in [1.54, 1.807) is 6.08 Å². The summed E-state index contributed by atoms with van der Waals surface area (Å²) in [6, 6.07) is 0. The molecular formula is C10H14O2. The molecule has 0 aliphatic heterocycles. The largest absolute Gasteiger partial charge is 0.481 e. The van der Waals surface area contributed by atoms with Crippen LogP contribution in [0.15, 0.2) is 24.3 Å². The quantitative estimate of drug-likeness (QED) is 0.639. The van der Waals surface area contributed by atoms with Gasteiger partial charge < -0.3 is 5.11 Å². The minimum absolute atomic E-state index is 0.117. The van der Waals surface area contributed by atoms with Crippen molar-refractivity contribution in [3.8, 4) is 0 Å². The predicted octanol–water partition coefficient (Wildman–Crippen LogP) is 2.23. The van der Waals surface area contributed by atoms with Crippen molar-refractivity contribution < 1.29 is 9.90 Å². The standard InChI is InChI=1S/C10H14O2/c1-3-8-5-4-7(2)6-9(8)10(11)12/h3-4,8-9H,1,5-6H2,2H3,(H,11,12)/t8-,9-/m0/s1. The highest BCUT2D eigenvalue weighted by atomic mass is 16.4. The van der Waals surface area contributed by atoms with Crippen molar-refractivity contribution in [2.75, 3.05) is 0 Å². The van der Waals surface area contributed by atoms with Gasteiger partial charge in [-0.05, 0) is 25.7 Å². The molecule has 1 N–H and O–H groups in total. The van der Waals surface area contributed by atoms with Crippen molar-refractivity contribution in [2.24, 2.45) is 11.8 Å². The van der Waals surface area contributed by atoms with Gasteiger partial charge in [0.2, 0.25) is 0 Å². The molecule has 0 unspecified atom stereocenters. The summed E-state index contributed by atoms with van der Waals surface area (Å²) in [6.07, 6.45) is 5.35. The lowest BCUT2D eigenvalue weighted by Crippen LogP contribution is -2.24. The zero-order valence-corrected chi connectivity index (χ0v) is 7.29.